The molecule has 0 saturated carbocycles. The van der Waals surface area contributed by atoms with Crippen LogP contribution >= 0.6 is 0 Å². The maximum absolute atomic E-state index is 11.6. The number of hydrogen-bond acceptors (Lipinski definition) is 3. The van der Waals surface area contributed by atoms with Crippen LogP contribution in [0.4, 0.5) is 0 Å². The van der Waals surface area contributed by atoms with Gasteiger partial charge in [-0.25, -0.2) is 0 Å². The van der Waals surface area contributed by atoms with Crippen LogP contribution in [0, 0.1) is 0 Å². The van der Waals surface area contributed by atoms with Gasteiger partial charge in [0.2, 0.25) is 5.91 Å². The van der Waals surface area contributed by atoms with Crippen molar-refractivity contribution >= 4 is 5.91 Å². The molecule has 0 aliphatic rings. The van der Waals surface area contributed by atoms with Crippen LogP contribution in [0.25, 0.3) is 0 Å². The third kappa shape index (κ3) is 10.5. The van der Waals surface area contributed by atoms with E-state index in [1.807, 2.05) is 11.9 Å². The molecule has 0 radical (unpaired) electrons. The van der Waals surface area contributed by atoms with Gasteiger partial charge in [-0.2, -0.15) is 0 Å². The van der Waals surface area contributed by atoms with Crippen molar-refractivity contribution in [1.29, 1.82) is 0 Å². The highest BCUT2D eigenvalue weighted by Crippen LogP contribution is 1.94. The van der Waals surface area contributed by atoms with Crippen molar-refractivity contribution in [1.82, 2.24) is 15.5 Å². The molecule has 0 saturated heterocycles. The second kappa shape index (κ2) is 10.3. The smallest absolute Gasteiger partial charge is 0.234 e. The van der Waals surface area contributed by atoms with Crippen molar-refractivity contribution in [2.75, 3.05) is 26.7 Å². The third-order valence-corrected chi connectivity index (χ3v) is 3.00. The fourth-order valence-electron chi connectivity index (χ4n) is 1.51. The predicted octanol–water partition coefficient (Wildman–Crippen LogP) is 1.61. The van der Waals surface area contributed by atoms with E-state index in [1.165, 1.54) is 12.8 Å². The summed E-state index contributed by atoms with van der Waals surface area (Å²) in [6.07, 6.45) is 3.41. The summed E-state index contributed by atoms with van der Waals surface area (Å²) in [6.45, 7) is 10.9. The quantitative estimate of drug-likeness (QED) is 0.584. The molecule has 0 atom stereocenters. The van der Waals surface area contributed by atoms with E-state index in [4.69, 9.17) is 0 Å². The standard InChI is InChI=1S/C14H31N3O/c1-12(2)15-9-7-6-8-10-16-14(18)11-17(5)13(3)4/h12-13,15H,6-11H2,1-5H3,(H,16,18). The van der Waals surface area contributed by atoms with E-state index in [-0.39, 0.29) is 5.91 Å². The van der Waals surface area contributed by atoms with E-state index in [1.54, 1.807) is 0 Å². The molecule has 2 N–H and O–H groups in total. The summed E-state index contributed by atoms with van der Waals surface area (Å²) < 4.78 is 0. The number of unbranched alkanes of at least 4 members (excludes halogenated alkanes) is 2. The lowest BCUT2D eigenvalue weighted by molar-refractivity contribution is -0.122. The highest BCUT2D eigenvalue weighted by Gasteiger charge is 2.08. The molecular weight excluding hydrogens is 226 g/mol. The largest absolute Gasteiger partial charge is 0.355 e. The van der Waals surface area contributed by atoms with Crippen LogP contribution in [-0.2, 0) is 4.79 Å². The second-order valence-corrected chi connectivity index (χ2v) is 5.53. The minimum atomic E-state index is 0.131. The first kappa shape index (κ1) is 17.4. The second-order valence-electron chi connectivity index (χ2n) is 5.53. The molecule has 1 amide bonds. The molecule has 0 fully saturated rings. The molecule has 108 valence electrons. The molecule has 0 unspecified atom stereocenters. The van der Waals surface area contributed by atoms with Crippen LogP contribution in [-0.4, -0.2) is 49.6 Å². The van der Waals surface area contributed by atoms with Crippen LogP contribution in [0.15, 0.2) is 0 Å². The normalized spacial score (nSPS) is 11.6. The Labute approximate surface area is 113 Å². The summed E-state index contributed by atoms with van der Waals surface area (Å²) in [5, 5.41) is 6.36. The Morgan fingerprint density at radius 3 is 2.22 bits per heavy atom. The monoisotopic (exact) mass is 257 g/mol. The Hall–Kier alpha value is -0.610. The predicted molar refractivity (Wildman–Crippen MR) is 77.8 cm³/mol. The molecule has 0 heterocycles. The molecule has 0 spiro atoms. The molecule has 0 bridgehead atoms. The number of hydrogen-bond donors (Lipinski definition) is 2. The highest BCUT2D eigenvalue weighted by atomic mass is 16.2. The van der Waals surface area contributed by atoms with Crippen LogP contribution in [0.2, 0.25) is 0 Å². The van der Waals surface area contributed by atoms with Gasteiger partial charge < -0.3 is 10.6 Å². The first-order chi connectivity index (χ1) is 8.43. The maximum Gasteiger partial charge on any atom is 0.234 e. The molecule has 0 aromatic heterocycles. The summed E-state index contributed by atoms with van der Waals surface area (Å²) in [5.41, 5.74) is 0. The number of nitrogens with one attached hydrogen (secondary N) is 2. The Bertz CT molecular complexity index is 217. The molecule has 0 aromatic rings. The molecule has 4 heteroatoms. The Morgan fingerprint density at radius 2 is 1.67 bits per heavy atom. The van der Waals surface area contributed by atoms with Crippen molar-refractivity contribution in [2.24, 2.45) is 0 Å². The Morgan fingerprint density at radius 1 is 1.06 bits per heavy atom. The van der Waals surface area contributed by atoms with E-state index in [2.05, 4.69) is 38.3 Å². The zero-order chi connectivity index (χ0) is 14.0. The molecule has 4 nitrogen and oxygen atoms in total. The SMILES string of the molecule is CC(C)NCCCCCNC(=O)CN(C)C(C)C. The van der Waals surface area contributed by atoms with Crippen LogP contribution in [0.5, 0.6) is 0 Å². The van der Waals surface area contributed by atoms with Crippen LogP contribution < -0.4 is 10.6 Å². The van der Waals surface area contributed by atoms with Gasteiger partial charge in [0.05, 0.1) is 6.54 Å². The Kier molecular flexibility index (Phi) is 9.98. The summed E-state index contributed by atoms with van der Waals surface area (Å²) >= 11 is 0. The maximum atomic E-state index is 11.6. The number of amides is 1. The minimum absolute atomic E-state index is 0.131. The van der Waals surface area contributed by atoms with Gasteiger partial charge in [0, 0.05) is 18.6 Å². The van der Waals surface area contributed by atoms with E-state index in [9.17, 15) is 4.79 Å². The summed E-state index contributed by atoms with van der Waals surface area (Å²) in [7, 11) is 1.97. The zero-order valence-electron chi connectivity index (χ0n) is 12.8. The van der Waals surface area contributed by atoms with Crippen molar-refractivity contribution < 1.29 is 4.79 Å². The number of likely N-dealkylation sites (N-methyl/N-ethyl adjacent to an activating group) is 1. The molecule has 0 rings (SSSR count). The summed E-state index contributed by atoms with van der Waals surface area (Å²) in [5.74, 6) is 0.131. The van der Waals surface area contributed by atoms with Gasteiger partial charge in [0.25, 0.3) is 0 Å². The fraction of sp³-hybridized carbons (Fsp3) is 0.929. The molecular formula is C14H31N3O. The third-order valence-electron chi connectivity index (χ3n) is 3.00. The van der Waals surface area contributed by atoms with Crippen LogP contribution in [0.1, 0.15) is 47.0 Å². The minimum Gasteiger partial charge on any atom is -0.355 e. The molecule has 18 heavy (non-hydrogen) atoms. The first-order valence-electron chi connectivity index (χ1n) is 7.13. The van der Waals surface area contributed by atoms with E-state index in [0.717, 1.165) is 19.5 Å². The average molecular weight is 257 g/mol. The van der Waals surface area contributed by atoms with Crippen molar-refractivity contribution in [3.63, 3.8) is 0 Å². The lowest BCUT2D eigenvalue weighted by Crippen LogP contribution is -2.38. The highest BCUT2D eigenvalue weighted by molar-refractivity contribution is 5.77. The summed E-state index contributed by atoms with van der Waals surface area (Å²) in [4.78, 5) is 13.6. The van der Waals surface area contributed by atoms with Gasteiger partial charge in [-0.1, -0.05) is 20.3 Å². The topological polar surface area (TPSA) is 44.4 Å². The fourth-order valence-corrected chi connectivity index (χ4v) is 1.51. The molecule has 0 aromatic carbocycles. The Balaban J connectivity index is 3.36. The van der Waals surface area contributed by atoms with Crippen molar-refractivity contribution in [3.05, 3.63) is 0 Å². The van der Waals surface area contributed by atoms with Crippen LogP contribution in [0.3, 0.4) is 0 Å². The lowest BCUT2D eigenvalue weighted by atomic mass is 10.2. The number of nitrogens with zero attached hydrogens (tertiary/aromatic N) is 1. The zero-order valence-corrected chi connectivity index (χ0v) is 12.8. The van der Waals surface area contributed by atoms with Gasteiger partial charge in [-0.15, -0.1) is 0 Å². The molecule has 0 aliphatic carbocycles. The number of carbonyl (C=O) groups is 1. The number of carbonyl (C=O) groups excluding carboxylic acids is 1. The van der Waals surface area contributed by atoms with E-state index >= 15 is 0 Å². The number of rotatable bonds is 10. The lowest BCUT2D eigenvalue weighted by Gasteiger charge is -2.20. The van der Waals surface area contributed by atoms with Gasteiger partial charge in [-0.3, -0.25) is 9.69 Å². The van der Waals surface area contributed by atoms with Gasteiger partial charge >= 0.3 is 0 Å². The molecule has 0 aliphatic heterocycles. The van der Waals surface area contributed by atoms with E-state index in [0.29, 0.717) is 18.6 Å². The van der Waals surface area contributed by atoms with E-state index < -0.39 is 0 Å². The van der Waals surface area contributed by atoms with Crippen molar-refractivity contribution in [3.8, 4) is 0 Å². The van der Waals surface area contributed by atoms with Gasteiger partial charge in [0.1, 0.15) is 0 Å². The summed E-state index contributed by atoms with van der Waals surface area (Å²) in [6, 6.07) is 0.981. The van der Waals surface area contributed by atoms with Gasteiger partial charge in [-0.05, 0) is 40.3 Å². The van der Waals surface area contributed by atoms with Gasteiger partial charge in [0.15, 0.2) is 0 Å². The first-order valence-corrected chi connectivity index (χ1v) is 7.13. The average Bonchev–Trinajstić information content (AvgIpc) is 2.27. The van der Waals surface area contributed by atoms with Crippen molar-refractivity contribution in [2.45, 2.75) is 59.0 Å².